The van der Waals surface area contributed by atoms with Crippen molar-refractivity contribution in [3.63, 3.8) is 0 Å². The Hall–Kier alpha value is -2.14. The van der Waals surface area contributed by atoms with Crippen LogP contribution in [-0.4, -0.2) is 32.8 Å². The number of nitrogens with two attached hydrogens (primary N) is 1. The van der Waals surface area contributed by atoms with Crippen molar-refractivity contribution in [3.8, 4) is 12.3 Å². The van der Waals surface area contributed by atoms with Gasteiger partial charge in [0.1, 0.15) is 0 Å². The molecule has 15 heavy (non-hydrogen) atoms. The smallest absolute Gasteiger partial charge is 0.362 e. The highest BCUT2D eigenvalue weighted by atomic mass is 32.1. The third-order valence-corrected chi connectivity index (χ3v) is 1.70. The average Bonchev–Trinajstić information content (AvgIpc) is 2.59. The van der Waals surface area contributed by atoms with E-state index in [9.17, 15) is 4.79 Å². The van der Waals surface area contributed by atoms with Gasteiger partial charge in [-0.3, -0.25) is 0 Å². The van der Waals surface area contributed by atoms with Crippen LogP contribution in [0.5, 0.6) is 0 Å². The van der Waals surface area contributed by atoms with E-state index in [1.165, 1.54) is 0 Å². The fraction of sp³-hybridized carbons (Fsp3) is 0.143. The number of hydrogen-bond donors (Lipinski definition) is 2. The van der Waals surface area contributed by atoms with Gasteiger partial charge in [0.25, 0.3) is 0 Å². The van der Waals surface area contributed by atoms with Gasteiger partial charge in [0.2, 0.25) is 11.5 Å². The summed E-state index contributed by atoms with van der Waals surface area (Å²) in [7, 11) is 0. The van der Waals surface area contributed by atoms with E-state index in [0.717, 1.165) is 11.5 Å². The first-order valence-corrected chi connectivity index (χ1v) is 4.38. The van der Waals surface area contributed by atoms with E-state index in [2.05, 4.69) is 25.3 Å². The minimum atomic E-state index is -1.31. The molecule has 0 atom stereocenters. The number of nitrogens with zero attached hydrogens (tertiary/aromatic N) is 3. The van der Waals surface area contributed by atoms with Crippen molar-refractivity contribution in [2.75, 3.05) is 12.3 Å². The van der Waals surface area contributed by atoms with Gasteiger partial charge in [0.05, 0.1) is 0 Å². The molecule has 8 heteroatoms. The summed E-state index contributed by atoms with van der Waals surface area (Å²) in [4.78, 5) is 18.9. The minimum Gasteiger partial charge on any atom is -0.476 e. The first kappa shape index (κ1) is 10.9. The summed E-state index contributed by atoms with van der Waals surface area (Å²) < 4.78 is 3.68. The normalized spacial score (nSPS) is 10.7. The highest BCUT2D eigenvalue weighted by Crippen LogP contribution is 2.07. The number of aromatic nitrogens is 2. The van der Waals surface area contributed by atoms with Crippen LogP contribution in [0.2, 0.25) is 0 Å². The number of carboxylic acid groups (broad SMARTS) is 1. The first-order chi connectivity index (χ1) is 7.15. The minimum absolute atomic E-state index is 0.0954. The molecular weight excluding hydrogens is 220 g/mol. The molecule has 0 aliphatic rings. The molecule has 0 aromatic carbocycles. The lowest BCUT2D eigenvalue weighted by Gasteiger charge is -1.95. The average molecular weight is 226 g/mol. The van der Waals surface area contributed by atoms with Crippen LogP contribution in [0.15, 0.2) is 5.16 Å². The third kappa shape index (κ3) is 2.92. The van der Waals surface area contributed by atoms with Crippen molar-refractivity contribution in [2.45, 2.75) is 0 Å². The number of carboxylic acids is 1. The summed E-state index contributed by atoms with van der Waals surface area (Å²) in [5, 5.41) is 12.2. The molecule has 0 radical (unpaired) electrons. The van der Waals surface area contributed by atoms with Gasteiger partial charge in [-0.15, -0.1) is 6.42 Å². The van der Waals surface area contributed by atoms with Crippen LogP contribution in [-0.2, 0) is 9.63 Å². The number of rotatable bonds is 4. The Bertz CT molecular complexity index is 434. The summed E-state index contributed by atoms with van der Waals surface area (Å²) in [6.45, 7) is -0.129. The van der Waals surface area contributed by atoms with Gasteiger partial charge in [-0.1, -0.05) is 11.1 Å². The highest BCUT2D eigenvalue weighted by molar-refractivity contribution is 7.09. The standard InChI is InChI=1S/C7H6N4O3S/c1-2-3-14-10-4(6(12)13)5-9-7(8)15-11-5/h1H,3H2,(H,12,13)(H2,8,9,11)/b10-4+. The van der Waals surface area contributed by atoms with Crippen LogP contribution >= 0.6 is 11.5 Å². The molecule has 1 rings (SSSR count). The molecule has 7 nitrogen and oxygen atoms in total. The summed E-state index contributed by atoms with van der Waals surface area (Å²) in [6, 6.07) is 0. The van der Waals surface area contributed by atoms with Crippen molar-refractivity contribution in [1.82, 2.24) is 9.36 Å². The van der Waals surface area contributed by atoms with Crippen LogP contribution < -0.4 is 5.73 Å². The molecule has 0 unspecified atom stereocenters. The molecule has 1 aromatic heterocycles. The molecule has 0 saturated carbocycles. The number of oxime groups is 1. The molecular formula is C7H6N4O3S. The number of anilines is 1. The molecule has 78 valence electrons. The van der Waals surface area contributed by atoms with Crippen molar-refractivity contribution >= 4 is 28.3 Å². The van der Waals surface area contributed by atoms with E-state index in [-0.39, 0.29) is 17.6 Å². The van der Waals surface area contributed by atoms with E-state index >= 15 is 0 Å². The second-order valence-electron chi connectivity index (χ2n) is 2.18. The van der Waals surface area contributed by atoms with E-state index in [4.69, 9.17) is 17.3 Å². The molecule has 0 aliphatic heterocycles. The fourth-order valence-electron chi connectivity index (χ4n) is 0.641. The number of terminal acetylenes is 1. The van der Waals surface area contributed by atoms with Crippen LogP contribution in [0.25, 0.3) is 0 Å². The van der Waals surface area contributed by atoms with Gasteiger partial charge in [-0.25, -0.2) is 4.79 Å². The maximum atomic E-state index is 10.7. The predicted molar refractivity (Wildman–Crippen MR) is 53.3 cm³/mol. The zero-order valence-corrected chi connectivity index (χ0v) is 8.19. The monoisotopic (exact) mass is 226 g/mol. The molecule has 1 aromatic rings. The predicted octanol–water partition coefficient (Wildman–Crippen LogP) is -0.441. The lowest BCUT2D eigenvalue weighted by Crippen LogP contribution is -2.16. The number of nitrogen functional groups attached to an aromatic ring is 1. The van der Waals surface area contributed by atoms with E-state index < -0.39 is 11.7 Å². The first-order valence-electron chi connectivity index (χ1n) is 3.61. The fourth-order valence-corrected chi connectivity index (χ4v) is 1.08. The molecule has 0 spiro atoms. The largest absolute Gasteiger partial charge is 0.476 e. The van der Waals surface area contributed by atoms with E-state index in [1.54, 1.807) is 0 Å². The van der Waals surface area contributed by atoms with Crippen molar-refractivity contribution in [3.05, 3.63) is 5.82 Å². The molecule has 0 aliphatic carbocycles. The molecule has 3 N–H and O–H groups in total. The van der Waals surface area contributed by atoms with Crippen molar-refractivity contribution < 1.29 is 14.7 Å². The summed E-state index contributed by atoms with van der Waals surface area (Å²) >= 11 is 0.866. The highest BCUT2D eigenvalue weighted by Gasteiger charge is 2.18. The lowest BCUT2D eigenvalue weighted by atomic mass is 10.4. The van der Waals surface area contributed by atoms with Crippen molar-refractivity contribution in [2.24, 2.45) is 5.16 Å². The molecule has 0 fully saturated rings. The maximum absolute atomic E-state index is 10.7. The van der Waals surface area contributed by atoms with Gasteiger partial charge >= 0.3 is 5.97 Å². The Kier molecular flexibility index (Phi) is 3.59. The van der Waals surface area contributed by atoms with Crippen LogP contribution in [0.3, 0.4) is 0 Å². The van der Waals surface area contributed by atoms with Crippen LogP contribution in [0.1, 0.15) is 5.82 Å². The lowest BCUT2D eigenvalue weighted by molar-refractivity contribution is -0.129. The van der Waals surface area contributed by atoms with Gasteiger partial charge in [0.15, 0.2) is 11.7 Å². The molecule has 1 heterocycles. The summed E-state index contributed by atoms with van der Waals surface area (Å²) in [5.74, 6) is 0.723. The van der Waals surface area contributed by atoms with Crippen LogP contribution in [0.4, 0.5) is 5.13 Å². The maximum Gasteiger partial charge on any atom is 0.362 e. The van der Waals surface area contributed by atoms with Crippen LogP contribution in [0, 0.1) is 12.3 Å². The summed E-state index contributed by atoms with van der Waals surface area (Å²) in [6.07, 6.45) is 4.89. The van der Waals surface area contributed by atoms with Crippen molar-refractivity contribution in [1.29, 1.82) is 0 Å². The Morgan fingerprint density at radius 1 is 1.80 bits per heavy atom. The number of aliphatic carboxylic acids is 1. The Morgan fingerprint density at radius 3 is 3.00 bits per heavy atom. The van der Waals surface area contributed by atoms with Gasteiger partial charge in [-0.05, 0) is 0 Å². The molecule has 0 saturated heterocycles. The zero-order chi connectivity index (χ0) is 11.3. The molecule has 0 bridgehead atoms. The Balaban J connectivity index is 2.89. The van der Waals surface area contributed by atoms with E-state index in [1.807, 2.05) is 0 Å². The molecule has 0 amide bonds. The SMILES string of the molecule is C#CCO/N=C(/C(=O)O)c1nsc(N)n1. The quantitative estimate of drug-likeness (QED) is 0.311. The van der Waals surface area contributed by atoms with Gasteiger partial charge in [-0.2, -0.15) is 9.36 Å². The third-order valence-electron chi connectivity index (χ3n) is 1.16. The topological polar surface area (TPSA) is 111 Å². The Labute approximate surface area is 88.7 Å². The second kappa shape index (κ2) is 4.92. The number of carbonyl (C=O) groups is 1. The van der Waals surface area contributed by atoms with E-state index in [0.29, 0.717) is 0 Å². The zero-order valence-electron chi connectivity index (χ0n) is 7.38. The Morgan fingerprint density at radius 2 is 2.53 bits per heavy atom. The second-order valence-corrected chi connectivity index (χ2v) is 2.96. The number of hydrogen-bond acceptors (Lipinski definition) is 7. The van der Waals surface area contributed by atoms with Gasteiger partial charge < -0.3 is 15.7 Å². The van der Waals surface area contributed by atoms with Gasteiger partial charge in [0, 0.05) is 11.5 Å². The summed E-state index contributed by atoms with van der Waals surface area (Å²) in [5.41, 5.74) is 4.86.